The Hall–Kier alpha value is -1.63. The van der Waals surface area contributed by atoms with Gasteiger partial charge < -0.3 is 11.5 Å². The molecule has 0 radical (unpaired) electrons. The Morgan fingerprint density at radius 2 is 2.14 bits per heavy atom. The number of aromatic nitrogens is 1. The van der Waals surface area contributed by atoms with E-state index in [0.29, 0.717) is 0 Å². The van der Waals surface area contributed by atoms with Crippen molar-refractivity contribution in [1.82, 2.24) is 4.98 Å². The second-order valence-corrected chi connectivity index (χ2v) is 4.53. The third-order valence-corrected chi connectivity index (χ3v) is 3.02. The lowest BCUT2D eigenvalue weighted by Gasteiger charge is -2.03. The zero-order valence-electron chi connectivity index (χ0n) is 7.17. The Kier molecular flexibility index (Phi) is 2.70. The topological polar surface area (TPSA) is 116 Å². The van der Waals surface area contributed by atoms with Crippen molar-refractivity contribution in [3.8, 4) is 0 Å². The molecule has 1 amide bonds. The van der Waals surface area contributed by atoms with Crippen LogP contribution in [-0.2, 0) is 14.6 Å². The Morgan fingerprint density at radius 1 is 1.50 bits per heavy atom. The lowest BCUT2D eigenvalue weighted by Crippen LogP contribution is -2.24. The second-order valence-electron chi connectivity index (χ2n) is 2.62. The van der Waals surface area contributed by atoms with Crippen LogP contribution in [0.2, 0.25) is 0 Å². The Bertz CT molecular complexity index is 455. The van der Waals surface area contributed by atoms with E-state index < -0.39 is 21.5 Å². The number of nitrogens with two attached hydrogens (primary N) is 2. The molecular formula is C7H9N3O3S. The molecule has 76 valence electrons. The summed E-state index contributed by atoms with van der Waals surface area (Å²) in [5, 5.41) is -0.307. The molecule has 0 fully saturated rings. The first kappa shape index (κ1) is 10.5. The maximum Gasteiger partial charge on any atom is 0.233 e. The number of anilines is 1. The number of hydrogen-bond acceptors (Lipinski definition) is 5. The molecule has 0 unspecified atom stereocenters. The zero-order chi connectivity index (χ0) is 10.8. The highest BCUT2D eigenvalue weighted by atomic mass is 32.2. The van der Waals surface area contributed by atoms with E-state index in [4.69, 9.17) is 11.5 Å². The molecule has 0 aromatic carbocycles. The molecule has 1 rings (SSSR count). The van der Waals surface area contributed by atoms with Gasteiger partial charge in [-0.2, -0.15) is 0 Å². The number of nitrogen functional groups attached to an aromatic ring is 1. The largest absolute Gasteiger partial charge is 0.396 e. The zero-order valence-corrected chi connectivity index (χ0v) is 7.99. The molecule has 6 nitrogen and oxygen atoms in total. The molecule has 0 aliphatic rings. The van der Waals surface area contributed by atoms with Crippen molar-refractivity contribution in [2.75, 3.05) is 11.5 Å². The summed E-state index contributed by atoms with van der Waals surface area (Å²) >= 11 is 0. The van der Waals surface area contributed by atoms with Crippen molar-refractivity contribution in [3.05, 3.63) is 18.3 Å². The normalized spacial score (nSPS) is 11.1. The minimum absolute atomic E-state index is 0.00810. The molecule has 1 heterocycles. The Labute approximate surface area is 80.8 Å². The average molecular weight is 215 g/mol. The van der Waals surface area contributed by atoms with Crippen LogP contribution in [0.5, 0.6) is 0 Å². The van der Waals surface area contributed by atoms with Crippen LogP contribution in [0.1, 0.15) is 0 Å². The van der Waals surface area contributed by atoms with Gasteiger partial charge in [-0.15, -0.1) is 0 Å². The smallest absolute Gasteiger partial charge is 0.233 e. The lowest BCUT2D eigenvalue weighted by atomic mass is 10.4. The third-order valence-electron chi connectivity index (χ3n) is 1.43. The molecule has 0 atom stereocenters. The highest BCUT2D eigenvalue weighted by Crippen LogP contribution is 2.14. The first-order chi connectivity index (χ1) is 6.43. The molecule has 0 bridgehead atoms. The van der Waals surface area contributed by atoms with E-state index in [1.165, 1.54) is 18.3 Å². The monoisotopic (exact) mass is 215 g/mol. The molecule has 0 aliphatic carbocycles. The predicted molar refractivity (Wildman–Crippen MR) is 49.9 cm³/mol. The summed E-state index contributed by atoms with van der Waals surface area (Å²) in [6.07, 6.45) is 1.28. The SMILES string of the molecule is NC(=O)CS(=O)(=O)c1ncccc1N. The van der Waals surface area contributed by atoms with Gasteiger partial charge in [0.05, 0.1) is 5.69 Å². The Balaban J connectivity index is 3.17. The summed E-state index contributed by atoms with van der Waals surface area (Å²) in [5.74, 6) is -1.72. The van der Waals surface area contributed by atoms with Crippen LogP contribution in [0.3, 0.4) is 0 Å². The second kappa shape index (κ2) is 3.62. The van der Waals surface area contributed by atoms with Gasteiger partial charge in [0.25, 0.3) is 0 Å². The summed E-state index contributed by atoms with van der Waals surface area (Å²) in [6.45, 7) is 0. The Morgan fingerprint density at radius 3 is 2.64 bits per heavy atom. The number of hydrogen-bond donors (Lipinski definition) is 2. The van der Waals surface area contributed by atoms with Gasteiger partial charge in [0, 0.05) is 6.20 Å². The van der Waals surface area contributed by atoms with Gasteiger partial charge in [-0.3, -0.25) is 4.79 Å². The summed E-state index contributed by atoms with van der Waals surface area (Å²) < 4.78 is 22.8. The minimum Gasteiger partial charge on any atom is -0.396 e. The maximum atomic E-state index is 11.4. The number of primary amides is 1. The van der Waals surface area contributed by atoms with E-state index in [0.717, 1.165) is 0 Å². The average Bonchev–Trinajstić information content (AvgIpc) is 2.02. The van der Waals surface area contributed by atoms with Gasteiger partial charge in [-0.25, -0.2) is 13.4 Å². The summed E-state index contributed by atoms with van der Waals surface area (Å²) in [5.41, 5.74) is 10.2. The van der Waals surface area contributed by atoms with Crippen LogP contribution < -0.4 is 11.5 Å². The maximum absolute atomic E-state index is 11.4. The molecular weight excluding hydrogens is 206 g/mol. The van der Waals surface area contributed by atoms with Gasteiger partial charge in [-0.1, -0.05) is 0 Å². The van der Waals surface area contributed by atoms with E-state index in [2.05, 4.69) is 4.98 Å². The highest BCUT2D eigenvalue weighted by Gasteiger charge is 2.21. The molecule has 0 aliphatic heterocycles. The molecule has 1 aromatic heterocycles. The summed E-state index contributed by atoms with van der Waals surface area (Å²) in [4.78, 5) is 14.1. The first-order valence-electron chi connectivity index (χ1n) is 3.65. The van der Waals surface area contributed by atoms with Crippen LogP contribution in [0.15, 0.2) is 23.4 Å². The molecule has 1 aromatic rings. The van der Waals surface area contributed by atoms with Gasteiger partial charge in [0.1, 0.15) is 5.75 Å². The molecule has 4 N–H and O–H groups in total. The van der Waals surface area contributed by atoms with Gasteiger partial charge in [-0.05, 0) is 12.1 Å². The highest BCUT2D eigenvalue weighted by molar-refractivity contribution is 7.92. The molecule has 0 saturated carbocycles. The molecule has 0 spiro atoms. The standard InChI is InChI=1S/C7H9N3O3S/c8-5-2-1-3-10-7(5)14(12,13)4-6(9)11/h1-3H,4,8H2,(H2,9,11). The fourth-order valence-corrected chi connectivity index (χ4v) is 2.08. The third kappa shape index (κ3) is 2.19. The van der Waals surface area contributed by atoms with Crippen LogP contribution in [0, 0.1) is 0 Å². The first-order valence-corrected chi connectivity index (χ1v) is 5.30. The number of pyridine rings is 1. The van der Waals surface area contributed by atoms with Crippen molar-refractivity contribution >= 4 is 21.4 Å². The van der Waals surface area contributed by atoms with Crippen LogP contribution in [0.4, 0.5) is 5.69 Å². The van der Waals surface area contributed by atoms with Crippen molar-refractivity contribution in [1.29, 1.82) is 0 Å². The quantitative estimate of drug-likeness (QED) is 0.665. The van der Waals surface area contributed by atoms with Crippen LogP contribution >= 0.6 is 0 Å². The van der Waals surface area contributed by atoms with Crippen molar-refractivity contribution in [3.63, 3.8) is 0 Å². The van der Waals surface area contributed by atoms with E-state index in [9.17, 15) is 13.2 Å². The lowest BCUT2D eigenvalue weighted by molar-refractivity contribution is -0.115. The number of amides is 1. The number of nitrogens with zero attached hydrogens (tertiary/aromatic N) is 1. The van der Waals surface area contributed by atoms with E-state index in [1.807, 2.05) is 0 Å². The van der Waals surface area contributed by atoms with Gasteiger partial charge in [0.15, 0.2) is 5.03 Å². The number of carbonyl (C=O) groups is 1. The number of carbonyl (C=O) groups excluding carboxylic acids is 1. The van der Waals surface area contributed by atoms with Crippen molar-refractivity contribution < 1.29 is 13.2 Å². The van der Waals surface area contributed by atoms with Crippen LogP contribution in [-0.4, -0.2) is 25.1 Å². The van der Waals surface area contributed by atoms with Gasteiger partial charge >= 0.3 is 0 Å². The fourth-order valence-electron chi connectivity index (χ4n) is 0.919. The molecule has 14 heavy (non-hydrogen) atoms. The van der Waals surface area contributed by atoms with Gasteiger partial charge in [0.2, 0.25) is 15.7 Å². The summed E-state index contributed by atoms with van der Waals surface area (Å²) in [6, 6.07) is 2.89. The summed E-state index contributed by atoms with van der Waals surface area (Å²) in [7, 11) is -3.80. The fraction of sp³-hybridized carbons (Fsp3) is 0.143. The van der Waals surface area contributed by atoms with E-state index in [1.54, 1.807) is 0 Å². The number of rotatable bonds is 3. The van der Waals surface area contributed by atoms with E-state index >= 15 is 0 Å². The van der Waals surface area contributed by atoms with Crippen molar-refractivity contribution in [2.45, 2.75) is 5.03 Å². The van der Waals surface area contributed by atoms with E-state index in [-0.39, 0.29) is 10.7 Å². The minimum atomic E-state index is -3.80. The predicted octanol–water partition coefficient (Wildman–Crippen LogP) is -1.08. The molecule has 0 saturated heterocycles. The number of sulfone groups is 1. The molecule has 7 heteroatoms. The van der Waals surface area contributed by atoms with Crippen molar-refractivity contribution in [2.24, 2.45) is 5.73 Å². The van der Waals surface area contributed by atoms with Crippen LogP contribution in [0.25, 0.3) is 0 Å².